The zero-order chi connectivity index (χ0) is 21.7. The molecule has 1 aromatic heterocycles. The van der Waals surface area contributed by atoms with Crippen LogP contribution in [0.15, 0.2) is 46.1 Å². The second-order valence-corrected chi connectivity index (χ2v) is 9.09. The maximum atomic E-state index is 13.1. The summed E-state index contributed by atoms with van der Waals surface area (Å²) in [5.41, 5.74) is 0.660. The van der Waals surface area contributed by atoms with Crippen LogP contribution >= 0.6 is 0 Å². The van der Waals surface area contributed by atoms with E-state index in [1.807, 2.05) is 0 Å². The number of piperazine rings is 1. The molecule has 1 aliphatic heterocycles. The SMILES string of the molecule is Cc1cc2[nH]c(=O)[nH]c2cc1S(=O)(=O)N1CCN(c2cccc(C(F)(F)F)c2)CC1. The molecule has 0 unspecified atom stereocenters. The molecule has 2 aromatic carbocycles. The number of anilines is 1. The summed E-state index contributed by atoms with van der Waals surface area (Å²) in [6.45, 7) is 2.46. The highest BCUT2D eigenvalue weighted by atomic mass is 32.2. The number of benzene rings is 2. The standard InChI is InChI=1S/C19H19F3N4O3S/c1-12-9-15-16(24-18(27)23-15)11-17(12)30(28,29)26-7-5-25(6-8-26)14-4-2-3-13(10-14)19(20,21)22/h2-4,9-11H,5-8H2,1H3,(H2,23,24,27). The summed E-state index contributed by atoms with van der Waals surface area (Å²) in [6.07, 6.45) is -4.43. The average molecular weight is 440 g/mol. The lowest BCUT2D eigenvalue weighted by atomic mass is 10.1. The Morgan fingerprint density at radius 3 is 2.23 bits per heavy atom. The molecule has 4 rings (SSSR count). The maximum Gasteiger partial charge on any atom is 0.416 e. The lowest BCUT2D eigenvalue weighted by Crippen LogP contribution is -2.48. The van der Waals surface area contributed by atoms with Gasteiger partial charge in [-0.2, -0.15) is 17.5 Å². The molecule has 0 amide bonds. The van der Waals surface area contributed by atoms with Gasteiger partial charge in [-0.3, -0.25) is 0 Å². The molecule has 0 bridgehead atoms. The number of imidazole rings is 1. The number of H-pyrrole nitrogens is 2. The Balaban J connectivity index is 1.55. The van der Waals surface area contributed by atoms with Crippen molar-refractivity contribution in [2.24, 2.45) is 0 Å². The van der Waals surface area contributed by atoms with Crippen molar-refractivity contribution >= 4 is 26.7 Å². The van der Waals surface area contributed by atoms with E-state index >= 15 is 0 Å². The number of aromatic nitrogens is 2. The Bertz CT molecular complexity index is 1260. The Morgan fingerprint density at radius 1 is 0.967 bits per heavy atom. The fraction of sp³-hybridized carbons (Fsp3) is 0.316. The minimum absolute atomic E-state index is 0.0952. The van der Waals surface area contributed by atoms with Crippen molar-refractivity contribution in [1.82, 2.24) is 14.3 Å². The van der Waals surface area contributed by atoms with Gasteiger partial charge in [0.15, 0.2) is 0 Å². The largest absolute Gasteiger partial charge is 0.416 e. The molecule has 30 heavy (non-hydrogen) atoms. The molecule has 7 nitrogen and oxygen atoms in total. The molecule has 1 fully saturated rings. The Labute approximate surface area is 170 Å². The Hall–Kier alpha value is -2.79. The first-order valence-corrected chi connectivity index (χ1v) is 10.6. The summed E-state index contributed by atoms with van der Waals surface area (Å²) in [5.74, 6) is 0. The van der Waals surface area contributed by atoms with E-state index in [1.54, 1.807) is 24.0 Å². The van der Waals surface area contributed by atoms with Gasteiger partial charge in [-0.15, -0.1) is 0 Å². The van der Waals surface area contributed by atoms with E-state index in [2.05, 4.69) is 9.97 Å². The molecule has 160 valence electrons. The molecule has 2 N–H and O–H groups in total. The van der Waals surface area contributed by atoms with Crippen LogP contribution in [0.2, 0.25) is 0 Å². The van der Waals surface area contributed by atoms with Gasteiger partial charge in [-0.1, -0.05) is 6.07 Å². The van der Waals surface area contributed by atoms with Crippen molar-refractivity contribution in [2.45, 2.75) is 18.0 Å². The fourth-order valence-electron chi connectivity index (χ4n) is 3.65. The number of halogens is 3. The van der Waals surface area contributed by atoms with Crippen molar-refractivity contribution < 1.29 is 21.6 Å². The summed E-state index contributed by atoms with van der Waals surface area (Å²) in [6, 6.07) is 8.03. The van der Waals surface area contributed by atoms with Crippen molar-refractivity contribution in [3.05, 3.63) is 58.0 Å². The molecular weight excluding hydrogens is 421 g/mol. The van der Waals surface area contributed by atoms with Crippen LogP contribution in [0.25, 0.3) is 11.0 Å². The summed E-state index contributed by atoms with van der Waals surface area (Å²) < 4.78 is 66.5. The minimum atomic E-state index is -4.43. The van der Waals surface area contributed by atoms with Crippen molar-refractivity contribution in [1.29, 1.82) is 0 Å². The van der Waals surface area contributed by atoms with E-state index in [4.69, 9.17) is 0 Å². The molecule has 1 aliphatic rings. The van der Waals surface area contributed by atoms with Crippen LogP contribution < -0.4 is 10.6 Å². The summed E-state index contributed by atoms with van der Waals surface area (Å²) in [7, 11) is -3.82. The van der Waals surface area contributed by atoms with Gasteiger partial charge in [-0.05, 0) is 42.8 Å². The summed E-state index contributed by atoms with van der Waals surface area (Å²) >= 11 is 0. The third kappa shape index (κ3) is 3.70. The number of aromatic amines is 2. The molecule has 3 aromatic rings. The smallest absolute Gasteiger partial charge is 0.369 e. The zero-order valence-electron chi connectivity index (χ0n) is 16.0. The lowest BCUT2D eigenvalue weighted by Gasteiger charge is -2.35. The normalized spacial score (nSPS) is 16.3. The highest BCUT2D eigenvalue weighted by Crippen LogP contribution is 2.32. The molecule has 1 saturated heterocycles. The van der Waals surface area contributed by atoms with E-state index < -0.39 is 27.5 Å². The predicted octanol–water partition coefficient (Wildman–Crippen LogP) is 2.69. The van der Waals surface area contributed by atoms with E-state index in [1.165, 1.54) is 16.4 Å². The average Bonchev–Trinajstić information content (AvgIpc) is 3.05. The van der Waals surface area contributed by atoms with Gasteiger partial charge in [-0.25, -0.2) is 13.2 Å². The van der Waals surface area contributed by atoms with E-state index in [9.17, 15) is 26.4 Å². The number of aryl methyl sites for hydroxylation is 1. The third-order valence-corrected chi connectivity index (χ3v) is 7.25. The fourth-order valence-corrected chi connectivity index (χ4v) is 5.31. The van der Waals surface area contributed by atoms with Crippen LogP contribution in [0.4, 0.5) is 18.9 Å². The quantitative estimate of drug-likeness (QED) is 0.656. The van der Waals surface area contributed by atoms with Crippen LogP contribution in [-0.2, 0) is 16.2 Å². The first-order chi connectivity index (χ1) is 14.1. The van der Waals surface area contributed by atoms with Crippen LogP contribution in [0, 0.1) is 6.92 Å². The second kappa shape index (κ2) is 7.17. The minimum Gasteiger partial charge on any atom is -0.369 e. The molecule has 0 spiro atoms. The highest BCUT2D eigenvalue weighted by Gasteiger charge is 2.33. The van der Waals surface area contributed by atoms with Crippen molar-refractivity contribution in [3.8, 4) is 0 Å². The number of fused-ring (bicyclic) bond motifs is 1. The van der Waals surface area contributed by atoms with Crippen LogP contribution in [0.1, 0.15) is 11.1 Å². The maximum absolute atomic E-state index is 13.1. The number of nitrogens with one attached hydrogen (secondary N) is 2. The predicted molar refractivity (Wildman–Crippen MR) is 106 cm³/mol. The first kappa shape index (κ1) is 20.5. The number of hydrogen-bond donors (Lipinski definition) is 2. The van der Waals surface area contributed by atoms with Crippen LogP contribution in [-0.4, -0.2) is 48.9 Å². The number of nitrogens with zero attached hydrogens (tertiary/aromatic N) is 2. The molecule has 11 heteroatoms. The number of rotatable bonds is 3. The molecular formula is C19H19F3N4O3S. The second-order valence-electron chi connectivity index (χ2n) is 7.18. The van der Waals surface area contributed by atoms with Gasteiger partial charge in [0, 0.05) is 31.9 Å². The first-order valence-electron chi connectivity index (χ1n) is 9.21. The zero-order valence-corrected chi connectivity index (χ0v) is 16.8. The van der Waals surface area contributed by atoms with Gasteiger partial charge in [0.1, 0.15) is 0 Å². The summed E-state index contributed by atoms with van der Waals surface area (Å²) in [4.78, 5) is 18.4. The molecule has 0 saturated carbocycles. The van der Waals surface area contributed by atoms with Gasteiger partial charge < -0.3 is 14.9 Å². The number of hydrogen-bond acceptors (Lipinski definition) is 4. The summed E-state index contributed by atoms with van der Waals surface area (Å²) in [5, 5.41) is 0. The van der Waals surface area contributed by atoms with Crippen LogP contribution in [0.5, 0.6) is 0 Å². The molecule has 0 aliphatic carbocycles. The van der Waals surface area contributed by atoms with Crippen molar-refractivity contribution in [3.63, 3.8) is 0 Å². The Morgan fingerprint density at radius 2 is 1.60 bits per heavy atom. The topological polar surface area (TPSA) is 89.3 Å². The number of alkyl halides is 3. The molecule has 0 radical (unpaired) electrons. The van der Waals surface area contributed by atoms with Gasteiger partial charge in [0.25, 0.3) is 0 Å². The monoisotopic (exact) mass is 440 g/mol. The third-order valence-electron chi connectivity index (χ3n) is 5.21. The molecule has 2 heterocycles. The Kier molecular flexibility index (Phi) is 4.89. The lowest BCUT2D eigenvalue weighted by molar-refractivity contribution is -0.137. The van der Waals surface area contributed by atoms with Gasteiger partial charge >= 0.3 is 11.9 Å². The van der Waals surface area contributed by atoms with E-state index in [0.29, 0.717) is 22.3 Å². The van der Waals surface area contributed by atoms with E-state index in [-0.39, 0.29) is 31.1 Å². The van der Waals surface area contributed by atoms with E-state index in [0.717, 1.165) is 12.1 Å². The van der Waals surface area contributed by atoms with Gasteiger partial charge in [0.05, 0.1) is 21.5 Å². The van der Waals surface area contributed by atoms with Gasteiger partial charge in [0.2, 0.25) is 10.0 Å². The number of sulfonamides is 1. The highest BCUT2D eigenvalue weighted by molar-refractivity contribution is 7.89. The van der Waals surface area contributed by atoms with Crippen LogP contribution in [0.3, 0.4) is 0 Å². The molecule has 0 atom stereocenters. The van der Waals surface area contributed by atoms with Crippen molar-refractivity contribution in [2.75, 3.05) is 31.1 Å².